The summed E-state index contributed by atoms with van der Waals surface area (Å²) in [4.78, 5) is 17.8. The van der Waals surface area contributed by atoms with Crippen molar-refractivity contribution in [1.29, 1.82) is 5.26 Å². The summed E-state index contributed by atoms with van der Waals surface area (Å²) in [5, 5.41) is 19.8. The average Bonchev–Trinajstić information content (AvgIpc) is 2.53. The molecule has 1 aromatic carbocycles. The Hall–Kier alpha value is -2.61. The van der Waals surface area contributed by atoms with Gasteiger partial charge in [0.05, 0.1) is 22.7 Å². The molecule has 5 heteroatoms. The van der Waals surface area contributed by atoms with Crippen LogP contribution in [0.3, 0.4) is 0 Å². The maximum Gasteiger partial charge on any atom is 0.308 e. The van der Waals surface area contributed by atoms with Gasteiger partial charge in [0, 0.05) is 24.7 Å². The Morgan fingerprint density at radius 1 is 1.43 bits per heavy atom. The lowest BCUT2D eigenvalue weighted by Crippen LogP contribution is -2.39. The van der Waals surface area contributed by atoms with Crippen molar-refractivity contribution in [3.8, 4) is 6.07 Å². The van der Waals surface area contributed by atoms with Gasteiger partial charge in [-0.15, -0.1) is 0 Å². The minimum Gasteiger partial charge on any atom is -0.481 e. The third-order valence-corrected chi connectivity index (χ3v) is 4.49. The molecule has 1 saturated heterocycles. The molecule has 1 N–H and O–H groups in total. The molecule has 118 valence electrons. The van der Waals surface area contributed by atoms with Crippen LogP contribution < -0.4 is 4.90 Å². The standard InChI is InChI=1S/C18H19N3O2/c1-11-6-12(2)16-15(7-11)17(14(8-19)9-20-16)21-5-3-4-13(10-21)18(22)23/h6-7,9,13H,3-5,10H2,1-2H3,(H,22,23). The van der Waals surface area contributed by atoms with Gasteiger partial charge in [-0.1, -0.05) is 11.6 Å². The molecule has 1 aromatic heterocycles. The van der Waals surface area contributed by atoms with E-state index in [4.69, 9.17) is 0 Å². The van der Waals surface area contributed by atoms with Crippen molar-refractivity contribution in [2.75, 3.05) is 18.0 Å². The predicted octanol–water partition coefficient (Wildman–Crippen LogP) is 3.02. The van der Waals surface area contributed by atoms with E-state index in [-0.39, 0.29) is 5.92 Å². The first kappa shape index (κ1) is 15.3. The number of anilines is 1. The number of carboxylic acids is 1. The topological polar surface area (TPSA) is 77.2 Å². The molecule has 23 heavy (non-hydrogen) atoms. The number of nitriles is 1. The molecule has 1 atom stereocenters. The fraction of sp³-hybridized carbons (Fsp3) is 0.389. The van der Waals surface area contributed by atoms with Crippen LogP contribution in [-0.4, -0.2) is 29.1 Å². The smallest absolute Gasteiger partial charge is 0.308 e. The molecule has 1 aliphatic rings. The van der Waals surface area contributed by atoms with Crippen molar-refractivity contribution in [2.45, 2.75) is 26.7 Å². The third-order valence-electron chi connectivity index (χ3n) is 4.49. The van der Waals surface area contributed by atoms with Gasteiger partial charge in [-0.2, -0.15) is 5.26 Å². The van der Waals surface area contributed by atoms with Crippen molar-refractivity contribution >= 4 is 22.6 Å². The Labute approximate surface area is 135 Å². The fourth-order valence-corrected chi connectivity index (χ4v) is 3.45. The number of piperidine rings is 1. The molecule has 0 saturated carbocycles. The van der Waals surface area contributed by atoms with E-state index in [1.165, 1.54) is 0 Å². The van der Waals surface area contributed by atoms with Crippen LogP contribution in [0.2, 0.25) is 0 Å². The van der Waals surface area contributed by atoms with Gasteiger partial charge in [-0.25, -0.2) is 0 Å². The van der Waals surface area contributed by atoms with Crippen LogP contribution in [0.4, 0.5) is 5.69 Å². The van der Waals surface area contributed by atoms with Crippen molar-refractivity contribution in [1.82, 2.24) is 4.98 Å². The number of aliphatic carboxylic acids is 1. The highest BCUT2D eigenvalue weighted by Gasteiger charge is 2.28. The lowest BCUT2D eigenvalue weighted by molar-refractivity contribution is -0.141. The molecule has 1 unspecified atom stereocenters. The Bertz CT molecular complexity index is 823. The molecule has 0 amide bonds. The van der Waals surface area contributed by atoms with E-state index in [9.17, 15) is 15.2 Å². The van der Waals surface area contributed by atoms with Gasteiger partial charge in [-0.3, -0.25) is 9.78 Å². The van der Waals surface area contributed by atoms with Gasteiger partial charge in [-0.05, 0) is 38.3 Å². The predicted molar refractivity (Wildman–Crippen MR) is 88.5 cm³/mol. The van der Waals surface area contributed by atoms with E-state index in [0.717, 1.165) is 40.7 Å². The molecule has 2 heterocycles. The summed E-state index contributed by atoms with van der Waals surface area (Å²) in [5.74, 6) is -1.15. The zero-order valence-corrected chi connectivity index (χ0v) is 13.3. The number of rotatable bonds is 2. The monoisotopic (exact) mass is 309 g/mol. The highest BCUT2D eigenvalue weighted by atomic mass is 16.4. The molecule has 0 aliphatic carbocycles. The minimum absolute atomic E-state index is 0.385. The van der Waals surface area contributed by atoms with Crippen LogP contribution in [0, 0.1) is 31.1 Å². The van der Waals surface area contributed by atoms with Crippen LogP contribution >= 0.6 is 0 Å². The summed E-state index contributed by atoms with van der Waals surface area (Å²) in [5.41, 5.74) is 4.39. The zero-order valence-electron chi connectivity index (χ0n) is 13.3. The quantitative estimate of drug-likeness (QED) is 0.922. The number of nitrogens with zero attached hydrogens (tertiary/aromatic N) is 3. The summed E-state index contributed by atoms with van der Waals surface area (Å²) in [6, 6.07) is 6.32. The van der Waals surface area contributed by atoms with Crippen molar-refractivity contribution in [3.05, 3.63) is 35.0 Å². The Morgan fingerprint density at radius 2 is 2.22 bits per heavy atom. The van der Waals surface area contributed by atoms with E-state index >= 15 is 0 Å². The number of pyridine rings is 1. The molecule has 0 spiro atoms. The molecular weight excluding hydrogens is 290 g/mol. The van der Waals surface area contributed by atoms with Crippen LogP contribution in [0.5, 0.6) is 0 Å². The van der Waals surface area contributed by atoms with Crippen LogP contribution in [0.25, 0.3) is 10.9 Å². The second-order valence-corrected chi connectivity index (χ2v) is 6.23. The maximum atomic E-state index is 11.4. The summed E-state index contributed by atoms with van der Waals surface area (Å²) in [7, 11) is 0. The Balaban J connectivity index is 2.18. The molecule has 0 radical (unpaired) electrons. The van der Waals surface area contributed by atoms with E-state index in [0.29, 0.717) is 18.5 Å². The van der Waals surface area contributed by atoms with Gasteiger partial charge in [0.25, 0.3) is 0 Å². The molecule has 1 aliphatic heterocycles. The van der Waals surface area contributed by atoms with Crippen molar-refractivity contribution in [2.24, 2.45) is 5.92 Å². The summed E-state index contributed by atoms with van der Waals surface area (Å²) in [6.07, 6.45) is 3.11. The number of hydrogen-bond acceptors (Lipinski definition) is 4. The maximum absolute atomic E-state index is 11.4. The highest BCUT2D eigenvalue weighted by Crippen LogP contribution is 2.34. The first-order valence-electron chi connectivity index (χ1n) is 7.79. The van der Waals surface area contributed by atoms with Gasteiger partial charge in [0.15, 0.2) is 0 Å². The van der Waals surface area contributed by atoms with E-state index < -0.39 is 5.97 Å². The molecule has 3 rings (SSSR count). The average molecular weight is 309 g/mol. The lowest BCUT2D eigenvalue weighted by Gasteiger charge is -2.33. The highest BCUT2D eigenvalue weighted by molar-refractivity contribution is 5.96. The SMILES string of the molecule is Cc1cc(C)c2ncc(C#N)c(N3CCCC(C(=O)O)C3)c2c1. The largest absolute Gasteiger partial charge is 0.481 e. The normalized spacial score (nSPS) is 18.0. The van der Waals surface area contributed by atoms with Gasteiger partial charge in [0.1, 0.15) is 6.07 Å². The van der Waals surface area contributed by atoms with Crippen LogP contribution in [-0.2, 0) is 4.79 Å². The second kappa shape index (κ2) is 5.88. The molecular formula is C18H19N3O2. The van der Waals surface area contributed by atoms with Gasteiger partial charge >= 0.3 is 5.97 Å². The third kappa shape index (κ3) is 2.72. The number of hydrogen-bond donors (Lipinski definition) is 1. The van der Waals surface area contributed by atoms with Gasteiger partial charge in [0.2, 0.25) is 0 Å². The number of aromatic nitrogens is 1. The van der Waals surface area contributed by atoms with Crippen molar-refractivity contribution < 1.29 is 9.90 Å². The molecule has 1 fully saturated rings. The zero-order chi connectivity index (χ0) is 16.6. The number of aryl methyl sites for hydroxylation is 2. The first-order chi connectivity index (χ1) is 11.0. The van der Waals surface area contributed by atoms with Crippen LogP contribution in [0.15, 0.2) is 18.3 Å². The lowest BCUT2D eigenvalue weighted by atomic mass is 9.95. The van der Waals surface area contributed by atoms with E-state index in [2.05, 4.69) is 17.1 Å². The number of fused-ring (bicyclic) bond motifs is 1. The molecule has 5 nitrogen and oxygen atoms in total. The minimum atomic E-state index is -0.765. The number of benzene rings is 1. The number of carbonyl (C=O) groups is 1. The number of carboxylic acid groups (broad SMARTS) is 1. The molecule has 2 aromatic rings. The van der Waals surface area contributed by atoms with Crippen molar-refractivity contribution in [3.63, 3.8) is 0 Å². The van der Waals surface area contributed by atoms with Gasteiger partial charge < -0.3 is 10.0 Å². The Kier molecular flexibility index (Phi) is 3.91. The molecule has 0 bridgehead atoms. The Morgan fingerprint density at radius 3 is 2.91 bits per heavy atom. The van der Waals surface area contributed by atoms with Crippen LogP contribution in [0.1, 0.15) is 29.5 Å². The summed E-state index contributed by atoms with van der Waals surface area (Å²) >= 11 is 0. The van der Waals surface area contributed by atoms with E-state index in [1.807, 2.05) is 24.8 Å². The van der Waals surface area contributed by atoms with E-state index in [1.54, 1.807) is 6.20 Å². The second-order valence-electron chi connectivity index (χ2n) is 6.23. The first-order valence-corrected chi connectivity index (χ1v) is 7.79. The fourth-order valence-electron chi connectivity index (χ4n) is 3.45. The summed E-state index contributed by atoms with van der Waals surface area (Å²) < 4.78 is 0. The summed E-state index contributed by atoms with van der Waals surface area (Å²) in [6.45, 7) is 5.24.